The zero-order valence-electron chi connectivity index (χ0n) is 11.3. The van der Waals surface area contributed by atoms with Crippen LogP contribution in [0.4, 0.5) is 0 Å². The van der Waals surface area contributed by atoms with Gasteiger partial charge in [-0.2, -0.15) is 0 Å². The van der Waals surface area contributed by atoms with Crippen molar-refractivity contribution < 1.29 is 14.5 Å². The first-order chi connectivity index (χ1) is 9.15. The first-order valence-electron chi connectivity index (χ1n) is 6.53. The highest BCUT2D eigenvalue weighted by Gasteiger charge is 2.13. The Morgan fingerprint density at radius 1 is 1.26 bits per heavy atom. The minimum absolute atomic E-state index is 0.218. The van der Waals surface area contributed by atoms with Crippen LogP contribution < -0.4 is 9.67 Å². The Kier molecular flexibility index (Phi) is 4.00. The van der Waals surface area contributed by atoms with E-state index in [1.54, 1.807) is 12.1 Å². The molecular formula is C15H18N2O2. The summed E-state index contributed by atoms with van der Waals surface area (Å²) in [5.74, 6) is 0.136. The third-order valence-corrected chi connectivity index (χ3v) is 3.29. The third-order valence-electron chi connectivity index (χ3n) is 3.29. The van der Waals surface area contributed by atoms with Gasteiger partial charge in [-0.15, -0.1) is 0 Å². The second-order valence-electron chi connectivity index (χ2n) is 4.47. The molecule has 0 atom stereocenters. The summed E-state index contributed by atoms with van der Waals surface area (Å²) in [6.45, 7) is 5.97. The van der Waals surface area contributed by atoms with E-state index in [9.17, 15) is 9.90 Å². The maximum absolute atomic E-state index is 10.7. The molecule has 0 fully saturated rings. The molecule has 1 aromatic heterocycles. The molecule has 0 bridgehead atoms. The smallest absolute Gasteiger partial charge is 0.256 e. The molecule has 0 aliphatic heterocycles. The predicted molar refractivity (Wildman–Crippen MR) is 69.6 cm³/mol. The molecule has 1 aromatic carbocycles. The lowest BCUT2D eigenvalue weighted by Crippen LogP contribution is -2.37. The molecule has 0 radical (unpaired) electrons. The largest absolute Gasteiger partial charge is 0.545 e. The van der Waals surface area contributed by atoms with Gasteiger partial charge in [-0.3, -0.25) is 0 Å². The lowest BCUT2D eigenvalue weighted by atomic mass is 10.1. The molecule has 19 heavy (non-hydrogen) atoms. The van der Waals surface area contributed by atoms with Crippen molar-refractivity contribution in [3.05, 3.63) is 53.6 Å². The highest BCUT2D eigenvalue weighted by Crippen LogP contribution is 2.05. The highest BCUT2D eigenvalue weighted by molar-refractivity contribution is 5.85. The van der Waals surface area contributed by atoms with Crippen LogP contribution in [0.3, 0.4) is 0 Å². The number of carboxylic acids is 1. The van der Waals surface area contributed by atoms with Crippen LogP contribution in [0.1, 0.15) is 35.6 Å². The molecule has 4 heteroatoms. The van der Waals surface area contributed by atoms with E-state index < -0.39 is 5.97 Å². The lowest BCUT2D eigenvalue weighted by molar-refractivity contribution is -0.695. The molecule has 0 spiro atoms. The molecule has 4 nitrogen and oxygen atoms in total. The monoisotopic (exact) mass is 258 g/mol. The fraction of sp³-hybridized carbons (Fsp3) is 0.333. The summed E-state index contributed by atoms with van der Waals surface area (Å²) in [5, 5.41) is 10.7. The number of aromatic carboxylic acids is 1. The van der Waals surface area contributed by atoms with Gasteiger partial charge in [-0.25, -0.2) is 9.13 Å². The molecule has 0 saturated carbocycles. The van der Waals surface area contributed by atoms with E-state index in [0.717, 1.165) is 25.1 Å². The molecule has 0 aliphatic rings. The summed E-state index contributed by atoms with van der Waals surface area (Å²) in [7, 11) is 0. The summed E-state index contributed by atoms with van der Waals surface area (Å²) < 4.78 is 4.41. The number of aromatic nitrogens is 2. The fourth-order valence-corrected chi connectivity index (χ4v) is 2.28. The van der Waals surface area contributed by atoms with Crippen molar-refractivity contribution in [1.82, 2.24) is 4.57 Å². The van der Waals surface area contributed by atoms with E-state index in [0.29, 0.717) is 0 Å². The Labute approximate surface area is 112 Å². The summed E-state index contributed by atoms with van der Waals surface area (Å²) >= 11 is 0. The highest BCUT2D eigenvalue weighted by atomic mass is 16.4. The van der Waals surface area contributed by atoms with Gasteiger partial charge in [-0.05, 0) is 18.1 Å². The zero-order valence-corrected chi connectivity index (χ0v) is 11.3. The molecule has 0 saturated heterocycles. The Morgan fingerprint density at radius 2 is 1.95 bits per heavy atom. The number of rotatable bonds is 5. The average Bonchev–Trinajstić information content (AvgIpc) is 2.81. The van der Waals surface area contributed by atoms with Gasteiger partial charge >= 0.3 is 0 Å². The Morgan fingerprint density at radius 3 is 2.47 bits per heavy atom. The number of hydrogen-bond acceptors (Lipinski definition) is 2. The van der Waals surface area contributed by atoms with Crippen LogP contribution in [-0.4, -0.2) is 10.5 Å². The Bertz CT molecular complexity index is 570. The van der Waals surface area contributed by atoms with Crippen LogP contribution >= 0.6 is 0 Å². The van der Waals surface area contributed by atoms with Gasteiger partial charge in [0.15, 0.2) is 0 Å². The van der Waals surface area contributed by atoms with Crippen molar-refractivity contribution in [2.24, 2.45) is 0 Å². The van der Waals surface area contributed by atoms with Crippen LogP contribution in [-0.2, 0) is 19.5 Å². The fourth-order valence-electron chi connectivity index (χ4n) is 2.28. The van der Waals surface area contributed by atoms with E-state index >= 15 is 0 Å². The van der Waals surface area contributed by atoms with Gasteiger partial charge in [0.2, 0.25) is 0 Å². The number of hydrogen-bond donors (Lipinski definition) is 0. The summed E-state index contributed by atoms with van der Waals surface area (Å²) in [6.07, 6.45) is 5.11. The van der Waals surface area contributed by atoms with Gasteiger partial charge < -0.3 is 9.90 Å². The minimum Gasteiger partial charge on any atom is -0.545 e. The van der Waals surface area contributed by atoms with Crippen molar-refractivity contribution in [3.8, 4) is 0 Å². The molecule has 1 heterocycles. The molecule has 0 aliphatic carbocycles. The van der Waals surface area contributed by atoms with E-state index in [-0.39, 0.29) is 5.56 Å². The van der Waals surface area contributed by atoms with Gasteiger partial charge in [-0.1, -0.05) is 31.2 Å². The third kappa shape index (κ3) is 2.84. The molecular weight excluding hydrogens is 240 g/mol. The van der Waals surface area contributed by atoms with Crippen LogP contribution in [0.25, 0.3) is 0 Å². The minimum atomic E-state index is -1.13. The molecule has 2 aromatic rings. The lowest BCUT2D eigenvalue weighted by Gasteiger charge is -2.05. The Hall–Kier alpha value is -2.10. The average molecular weight is 258 g/mol. The van der Waals surface area contributed by atoms with Crippen LogP contribution in [0.15, 0.2) is 36.7 Å². The SMILES string of the molecule is CCc1n(CC)cc[n+]1Cc1ccc(C(=O)[O-])cc1. The first kappa shape index (κ1) is 13.3. The van der Waals surface area contributed by atoms with Crippen molar-refractivity contribution in [1.29, 1.82) is 0 Å². The maximum Gasteiger partial charge on any atom is 0.256 e. The van der Waals surface area contributed by atoms with E-state index in [1.165, 1.54) is 5.82 Å². The number of carbonyl (C=O) groups excluding carboxylic acids is 1. The quantitative estimate of drug-likeness (QED) is 0.744. The van der Waals surface area contributed by atoms with E-state index in [2.05, 4.69) is 35.4 Å². The number of aryl methyl sites for hydroxylation is 1. The summed E-state index contributed by atoms with van der Waals surface area (Å²) in [6, 6.07) is 6.85. The number of benzene rings is 1. The van der Waals surface area contributed by atoms with Crippen LogP contribution in [0.5, 0.6) is 0 Å². The molecule has 100 valence electrons. The van der Waals surface area contributed by atoms with Crippen molar-refractivity contribution in [3.63, 3.8) is 0 Å². The van der Waals surface area contributed by atoms with Gasteiger partial charge in [0.25, 0.3) is 5.82 Å². The van der Waals surface area contributed by atoms with Crippen molar-refractivity contribution in [2.45, 2.75) is 33.4 Å². The standard InChI is InChI=1S/C15H18N2O2/c1-3-14-16(4-2)9-10-17(14)11-12-5-7-13(8-6-12)15(18)19/h5-10H,3-4,11H2,1-2H3. The summed E-state index contributed by atoms with van der Waals surface area (Å²) in [5.41, 5.74) is 1.30. The summed E-state index contributed by atoms with van der Waals surface area (Å²) in [4.78, 5) is 10.7. The number of imidazole rings is 1. The Balaban J connectivity index is 2.21. The molecule has 0 amide bonds. The van der Waals surface area contributed by atoms with Gasteiger partial charge in [0, 0.05) is 6.42 Å². The van der Waals surface area contributed by atoms with E-state index in [4.69, 9.17) is 0 Å². The zero-order chi connectivity index (χ0) is 13.8. The molecule has 2 rings (SSSR count). The number of carboxylic acid groups (broad SMARTS) is 1. The predicted octanol–water partition coefficient (Wildman–Crippen LogP) is 0.770. The first-order valence-corrected chi connectivity index (χ1v) is 6.53. The van der Waals surface area contributed by atoms with Gasteiger partial charge in [0.05, 0.1) is 12.5 Å². The normalized spacial score (nSPS) is 10.6. The van der Waals surface area contributed by atoms with Crippen molar-refractivity contribution >= 4 is 5.97 Å². The topological polar surface area (TPSA) is 48.9 Å². The van der Waals surface area contributed by atoms with Crippen molar-refractivity contribution in [2.75, 3.05) is 0 Å². The number of carbonyl (C=O) groups is 1. The van der Waals surface area contributed by atoms with Crippen LogP contribution in [0.2, 0.25) is 0 Å². The second kappa shape index (κ2) is 5.69. The second-order valence-corrected chi connectivity index (χ2v) is 4.47. The molecule has 0 N–H and O–H groups in total. The maximum atomic E-state index is 10.7. The number of nitrogens with zero attached hydrogens (tertiary/aromatic N) is 2. The van der Waals surface area contributed by atoms with E-state index in [1.807, 2.05) is 12.1 Å². The molecule has 0 unspecified atom stereocenters. The van der Waals surface area contributed by atoms with Gasteiger partial charge in [0.1, 0.15) is 18.9 Å². The van der Waals surface area contributed by atoms with Crippen LogP contribution in [0, 0.1) is 0 Å².